The predicted octanol–water partition coefficient (Wildman–Crippen LogP) is 2.29. The van der Waals surface area contributed by atoms with Gasteiger partial charge in [0.15, 0.2) is 5.76 Å². The van der Waals surface area contributed by atoms with Crippen LogP contribution in [0.4, 0.5) is 0 Å². The lowest BCUT2D eigenvalue weighted by Gasteiger charge is -2.18. The fourth-order valence-electron chi connectivity index (χ4n) is 2.92. The minimum atomic E-state index is -0.656. The number of rotatable bonds is 6. The molecule has 6 nitrogen and oxygen atoms in total. The first-order valence-corrected chi connectivity index (χ1v) is 8.26. The molecule has 1 atom stereocenters. The largest absolute Gasteiger partial charge is 0.502 e. The second kappa shape index (κ2) is 7.05. The zero-order valence-corrected chi connectivity index (χ0v) is 13.7. The summed E-state index contributed by atoms with van der Waals surface area (Å²) >= 11 is 0. The van der Waals surface area contributed by atoms with E-state index in [2.05, 4.69) is 0 Å². The quantitative estimate of drug-likeness (QED) is 0.810. The topological polar surface area (TPSA) is 76.1 Å². The van der Waals surface area contributed by atoms with Gasteiger partial charge in [0.25, 0.3) is 11.8 Å². The van der Waals surface area contributed by atoms with Crippen molar-refractivity contribution in [1.82, 2.24) is 4.90 Å². The Hall–Kier alpha value is -2.34. The van der Waals surface area contributed by atoms with Crippen LogP contribution in [-0.4, -0.2) is 47.7 Å². The number of imide groups is 1. The Morgan fingerprint density at radius 1 is 1.25 bits per heavy atom. The third kappa shape index (κ3) is 3.14. The summed E-state index contributed by atoms with van der Waals surface area (Å²) in [4.78, 5) is 25.9. The Bertz CT molecular complexity index is 658. The molecule has 2 aliphatic heterocycles. The number of aliphatic hydroxyl groups excluding tert-OH is 1. The number of hydrogen-bond donors (Lipinski definition) is 1. The molecule has 2 aliphatic rings. The van der Waals surface area contributed by atoms with Crippen LogP contribution in [-0.2, 0) is 14.3 Å². The number of carbonyl (C=O) groups excluding carboxylic acids is 2. The fraction of sp³-hybridized carbons (Fsp3) is 0.444. The number of amides is 2. The number of benzene rings is 1. The van der Waals surface area contributed by atoms with Gasteiger partial charge in [0.05, 0.1) is 24.8 Å². The van der Waals surface area contributed by atoms with E-state index in [-0.39, 0.29) is 18.2 Å². The average molecular weight is 331 g/mol. The van der Waals surface area contributed by atoms with Crippen LogP contribution in [0, 0.1) is 0 Å². The molecule has 1 saturated heterocycles. The van der Waals surface area contributed by atoms with E-state index in [1.807, 2.05) is 6.92 Å². The molecule has 1 aromatic rings. The number of ether oxygens (including phenoxy) is 2. The lowest BCUT2D eigenvalue weighted by Crippen LogP contribution is -2.38. The predicted molar refractivity (Wildman–Crippen MR) is 87.5 cm³/mol. The van der Waals surface area contributed by atoms with E-state index in [1.165, 1.54) is 0 Å². The molecule has 0 aliphatic carbocycles. The Morgan fingerprint density at radius 3 is 2.62 bits per heavy atom. The van der Waals surface area contributed by atoms with Crippen LogP contribution >= 0.6 is 0 Å². The van der Waals surface area contributed by atoms with Crippen molar-refractivity contribution in [3.8, 4) is 5.75 Å². The van der Waals surface area contributed by atoms with Gasteiger partial charge < -0.3 is 14.6 Å². The van der Waals surface area contributed by atoms with Crippen LogP contribution in [0.25, 0.3) is 5.57 Å². The molecule has 3 rings (SSSR count). The van der Waals surface area contributed by atoms with Crippen LogP contribution in [0.1, 0.15) is 31.7 Å². The molecule has 2 amide bonds. The standard InChI is InChI=1S/C18H21NO5/c1-2-9-23-13-7-5-12(6-8-13)15-16(20)18(22)19(17(15)21)11-14-4-3-10-24-14/h5-8,14,20H,2-4,9-11H2,1H3. The van der Waals surface area contributed by atoms with Gasteiger partial charge in [0, 0.05) is 6.61 Å². The van der Waals surface area contributed by atoms with Crippen LogP contribution in [0.3, 0.4) is 0 Å². The summed E-state index contributed by atoms with van der Waals surface area (Å²) in [6.07, 6.45) is 2.50. The molecule has 0 bridgehead atoms. The van der Waals surface area contributed by atoms with Gasteiger partial charge in [-0.2, -0.15) is 0 Å². The highest BCUT2D eigenvalue weighted by molar-refractivity contribution is 6.34. The van der Waals surface area contributed by atoms with Gasteiger partial charge in [-0.15, -0.1) is 0 Å². The van der Waals surface area contributed by atoms with E-state index in [9.17, 15) is 14.7 Å². The molecule has 128 valence electrons. The number of carbonyl (C=O) groups is 2. The lowest BCUT2D eigenvalue weighted by atomic mass is 10.1. The maximum atomic E-state index is 12.6. The molecule has 0 spiro atoms. The van der Waals surface area contributed by atoms with Gasteiger partial charge >= 0.3 is 0 Å². The number of hydrogen-bond acceptors (Lipinski definition) is 5. The smallest absolute Gasteiger partial charge is 0.296 e. The van der Waals surface area contributed by atoms with Crippen molar-refractivity contribution in [3.63, 3.8) is 0 Å². The molecular weight excluding hydrogens is 310 g/mol. The Labute approximate surface area is 140 Å². The monoisotopic (exact) mass is 331 g/mol. The molecule has 0 radical (unpaired) electrons. The normalized spacial score (nSPS) is 21.0. The van der Waals surface area contributed by atoms with E-state index in [0.29, 0.717) is 24.5 Å². The zero-order valence-electron chi connectivity index (χ0n) is 13.7. The van der Waals surface area contributed by atoms with E-state index < -0.39 is 17.6 Å². The van der Waals surface area contributed by atoms with Gasteiger partial charge in [0.2, 0.25) is 0 Å². The van der Waals surface area contributed by atoms with Crippen molar-refractivity contribution in [1.29, 1.82) is 0 Å². The minimum Gasteiger partial charge on any atom is -0.502 e. The molecule has 6 heteroatoms. The molecule has 1 unspecified atom stereocenters. The Balaban J connectivity index is 1.76. The average Bonchev–Trinajstić information content (AvgIpc) is 3.17. The summed E-state index contributed by atoms with van der Waals surface area (Å²) in [5.74, 6) is -0.944. The van der Waals surface area contributed by atoms with Crippen molar-refractivity contribution in [3.05, 3.63) is 35.6 Å². The van der Waals surface area contributed by atoms with E-state index >= 15 is 0 Å². The third-order valence-corrected chi connectivity index (χ3v) is 4.17. The van der Waals surface area contributed by atoms with Crippen LogP contribution < -0.4 is 4.74 Å². The molecule has 1 fully saturated rings. The second-order valence-corrected chi connectivity index (χ2v) is 5.95. The molecule has 0 saturated carbocycles. The van der Waals surface area contributed by atoms with Gasteiger partial charge in [-0.3, -0.25) is 14.5 Å². The third-order valence-electron chi connectivity index (χ3n) is 4.17. The first kappa shape index (κ1) is 16.5. The van der Waals surface area contributed by atoms with Crippen molar-refractivity contribution < 1.29 is 24.2 Å². The van der Waals surface area contributed by atoms with Crippen LogP contribution in [0.2, 0.25) is 0 Å². The first-order chi connectivity index (χ1) is 11.6. The summed E-state index contributed by atoms with van der Waals surface area (Å²) in [6, 6.07) is 6.81. The van der Waals surface area contributed by atoms with Crippen LogP contribution in [0.15, 0.2) is 30.0 Å². The Morgan fingerprint density at radius 2 is 2.00 bits per heavy atom. The maximum absolute atomic E-state index is 12.6. The van der Waals surface area contributed by atoms with Gasteiger partial charge in [-0.25, -0.2) is 0 Å². The fourth-order valence-corrected chi connectivity index (χ4v) is 2.92. The minimum absolute atomic E-state index is 0.0417. The van der Waals surface area contributed by atoms with E-state index in [0.717, 1.165) is 24.2 Å². The summed E-state index contributed by atoms with van der Waals surface area (Å²) in [7, 11) is 0. The van der Waals surface area contributed by atoms with Crippen LogP contribution in [0.5, 0.6) is 5.75 Å². The molecule has 0 aromatic heterocycles. The zero-order chi connectivity index (χ0) is 17.1. The molecule has 24 heavy (non-hydrogen) atoms. The highest BCUT2D eigenvalue weighted by Gasteiger charge is 2.40. The number of aliphatic hydroxyl groups is 1. The maximum Gasteiger partial charge on any atom is 0.296 e. The number of nitrogens with zero attached hydrogens (tertiary/aromatic N) is 1. The summed E-state index contributed by atoms with van der Waals surface area (Å²) in [5.41, 5.74) is 0.546. The van der Waals surface area contributed by atoms with Gasteiger partial charge in [-0.1, -0.05) is 19.1 Å². The van der Waals surface area contributed by atoms with Crippen molar-refractivity contribution in [2.45, 2.75) is 32.3 Å². The van der Waals surface area contributed by atoms with Gasteiger partial charge in [0.1, 0.15) is 5.75 Å². The highest BCUT2D eigenvalue weighted by Crippen LogP contribution is 2.30. The highest BCUT2D eigenvalue weighted by atomic mass is 16.5. The van der Waals surface area contributed by atoms with Crippen molar-refractivity contribution in [2.75, 3.05) is 19.8 Å². The second-order valence-electron chi connectivity index (χ2n) is 5.95. The van der Waals surface area contributed by atoms with E-state index in [4.69, 9.17) is 9.47 Å². The lowest BCUT2D eigenvalue weighted by molar-refractivity contribution is -0.139. The SMILES string of the molecule is CCCOc1ccc(C2=C(O)C(=O)N(CC3CCCO3)C2=O)cc1. The van der Waals surface area contributed by atoms with E-state index in [1.54, 1.807) is 24.3 Å². The molecule has 2 heterocycles. The summed E-state index contributed by atoms with van der Waals surface area (Å²) in [5, 5.41) is 10.1. The molecular formula is C18H21NO5. The summed E-state index contributed by atoms with van der Waals surface area (Å²) in [6.45, 7) is 3.46. The first-order valence-electron chi connectivity index (χ1n) is 8.26. The molecule has 1 aromatic carbocycles. The van der Waals surface area contributed by atoms with Crippen molar-refractivity contribution in [2.24, 2.45) is 0 Å². The van der Waals surface area contributed by atoms with Crippen molar-refractivity contribution >= 4 is 17.4 Å². The molecule has 1 N–H and O–H groups in total. The summed E-state index contributed by atoms with van der Waals surface area (Å²) < 4.78 is 11.0. The Kier molecular flexibility index (Phi) is 4.85. The van der Waals surface area contributed by atoms with Gasteiger partial charge in [-0.05, 0) is 37.0 Å².